The number of aromatic nitrogens is 6. The van der Waals surface area contributed by atoms with Crippen molar-refractivity contribution in [3.63, 3.8) is 0 Å². The van der Waals surface area contributed by atoms with Gasteiger partial charge in [0, 0.05) is 43.9 Å². The quantitative estimate of drug-likeness (QED) is 0.165. The van der Waals surface area contributed by atoms with Gasteiger partial charge in [0.2, 0.25) is 5.95 Å². The number of hydrogen-bond acceptors (Lipinski definition) is 4. The van der Waals surface area contributed by atoms with E-state index in [0.717, 1.165) is 66.4 Å². The van der Waals surface area contributed by atoms with Crippen molar-refractivity contribution in [3.8, 4) is 45.8 Å². The topological polar surface area (TPSA) is 61.4 Å². The van der Waals surface area contributed by atoms with Crippen LogP contribution in [-0.2, 0) is 0 Å². The summed E-state index contributed by atoms with van der Waals surface area (Å²) in [5.41, 5.74) is 7.71. The van der Waals surface area contributed by atoms with Crippen LogP contribution in [0.15, 0.2) is 194 Å². The summed E-state index contributed by atoms with van der Waals surface area (Å²) in [6.45, 7) is 0. The fourth-order valence-electron chi connectivity index (χ4n) is 8.89. The summed E-state index contributed by atoms with van der Waals surface area (Å²) >= 11 is 0. The molecule has 0 spiro atoms. The molecule has 0 radical (unpaired) electrons. The maximum absolute atomic E-state index is 5.74. The van der Waals surface area contributed by atoms with E-state index in [9.17, 15) is 0 Å². The van der Waals surface area contributed by atoms with E-state index in [1.54, 1.807) is 0 Å². The van der Waals surface area contributed by atoms with Gasteiger partial charge in [0.05, 0.1) is 16.6 Å². The van der Waals surface area contributed by atoms with E-state index in [-0.39, 0.29) is 0 Å². The Hall–Kier alpha value is -7.96. The average molecular weight is 741 g/mol. The number of nitrogens with zero attached hydrogens (tertiary/aromatic N) is 6. The van der Waals surface area contributed by atoms with E-state index in [1.807, 2.05) is 36.4 Å². The lowest BCUT2D eigenvalue weighted by atomic mass is 9.90. The molecule has 6 heteroatoms. The Balaban J connectivity index is 1.37. The Labute approximate surface area is 333 Å². The second kappa shape index (κ2) is 12.8. The molecule has 0 saturated heterocycles. The zero-order chi connectivity index (χ0) is 38.2. The molecule has 0 saturated carbocycles. The first-order chi connectivity index (χ1) is 28.8. The number of para-hydroxylation sites is 2. The van der Waals surface area contributed by atoms with Crippen LogP contribution in [0.2, 0.25) is 0 Å². The van der Waals surface area contributed by atoms with Crippen molar-refractivity contribution in [3.05, 3.63) is 194 Å². The molecule has 12 aromatic rings. The van der Waals surface area contributed by atoms with Gasteiger partial charge in [0.25, 0.3) is 0 Å². The summed E-state index contributed by atoms with van der Waals surface area (Å²) in [4.78, 5) is 21.5. The van der Waals surface area contributed by atoms with Gasteiger partial charge >= 0.3 is 0 Å². The summed E-state index contributed by atoms with van der Waals surface area (Å²) in [7, 11) is 0. The number of rotatable bonds is 5. The first-order valence-electron chi connectivity index (χ1n) is 19.5. The van der Waals surface area contributed by atoms with Gasteiger partial charge in [-0.2, -0.15) is 9.97 Å². The molecule has 0 N–H and O–H groups in total. The molecule has 6 nitrogen and oxygen atoms in total. The molecule has 0 unspecified atom stereocenters. The Kier molecular flexibility index (Phi) is 7.13. The summed E-state index contributed by atoms with van der Waals surface area (Å²) < 4.78 is 4.59. The van der Waals surface area contributed by atoms with E-state index in [1.165, 1.54) is 26.9 Å². The van der Waals surface area contributed by atoms with Crippen molar-refractivity contribution in [1.82, 2.24) is 29.1 Å². The maximum atomic E-state index is 5.74. The van der Waals surface area contributed by atoms with Crippen LogP contribution in [0.5, 0.6) is 0 Å². The average Bonchev–Trinajstić information content (AvgIpc) is 3.87. The Morgan fingerprint density at radius 1 is 0.310 bits per heavy atom. The molecular formula is C52H32N6. The SMILES string of the molecule is c1ccc(-c2nc(-c3ccccc3)nc(-n3c4ccccc4c4c5c6ccccc6c6ccccc6c5c5c(nc(-c6ccccc6)n5-c5ccccc5)c43)n2)cc1. The molecule has 12 rings (SSSR count). The highest BCUT2D eigenvalue weighted by atomic mass is 15.2. The van der Waals surface area contributed by atoms with Crippen LogP contribution in [0.4, 0.5) is 0 Å². The molecule has 3 heterocycles. The molecule has 0 aliphatic carbocycles. The minimum Gasteiger partial charge on any atom is -0.292 e. The standard InChI is InChI=1S/C52H32N6/c1-5-19-33(20-6-1)49-54-50(34-21-7-2-8-22-34)56-52(55-49)58-42-32-18-17-31-41(42)45-43-39-29-15-13-27-37(39)38-28-14-16-30-40(38)44(43)47-46(48(45)58)53-51(35-23-9-3-10-24-35)57(47)36-25-11-4-12-26-36/h1-32H. The minimum absolute atomic E-state index is 0.528. The fourth-order valence-corrected chi connectivity index (χ4v) is 8.89. The van der Waals surface area contributed by atoms with Gasteiger partial charge in [0.1, 0.15) is 11.3 Å². The predicted octanol–water partition coefficient (Wildman–Crippen LogP) is 12.8. The zero-order valence-electron chi connectivity index (χ0n) is 31.2. The first kappa shape index (κ1) is 32.3. The van der Waals surface area contributed by atoms with Crippen LogP contribution in [0.3, 0.4) is 0 Å². The monoisotopic (exact) mass is 740 g/mol. The Bertz CT molecular complexity index is 3480. The number of fused-ring (bicyclic) bond motifs is 13. The normalized spacial score (nSPS) is 11.8. The van der Waals surface area contributed by atoms with E-state index in [2.05, 4.69) is 167 Å². The van der Waals surface area contributed by atoms with Gasteiger partial charge in [-0.3, -0.25) is 9.13 Å². The maximum Gasteiger partial charge on any atom is 0.238 e. The van der Waals surface area contributed by atoms with Gasteiger partial charge in [-0.25, -0.2) is 9.97 Å². The van der Waals surface area contributed by atoms with Crippen molar-refractivity contribution < 1.29 is 0 Å². The van der Waals surface area contributed by atoms with Gasteiger partial charge in [-0.05, 0) is 39.7 Å². The lowest BCUT2D eigenvalue weighted by molar-refractivity contribution is 0.954. The summed E-state index contributed by atoms with van der Waals surface area (Å²) in [6, 6.07) is 67.7. The summed E-state index contributed by atoms with van der Waals surface area (Å²) in [5.74, 6) is 2.59. The van der Waals surface area contributed by atoms with E-state index in [0.29, 0.717) is 17.6 Å². The third-order valence-electron chi connectivity index (χ3n) is 11.3. The van der Waals surface area contributed by atoms with Crippen LogP contribution < -0.4 is 0 Å². The van der Waals surface area contributed by atoms with Crippen LogP contribution in [-0.4, -0.2) is 29.1 Å². The first-order valence-corrected chi connectivity index (χ1v) is 19.5. The van der Waals surface area contributed by atoms with E-state index >= 15 is 0 Å². The van der Waals surface area contributed by atoms with Crippen molar-refractivity contribution in [2.45, 2.75) is 0 Å². The second-order valence-electron chi connectivity index (χ2n) is 14.6. The van der Waals surface area contributed by atoms with Crippen molar-refractivity contribution in [2.75, 3.05) is 0 Å². The van der Waals surface area contributed by atoms with Gasteiger partial charge in [0.15, 0.2) is 11.6 Å². The zero-order valence-corrected chi connectivity index (χ0v) is 31.2. The highest BCUT2D eigenvalue weighted by Gasteiger charge is 2.28. The Morgan fingerprint density at radius 3 is 1.33 bits per heavy atom. The molecule has 0 atom stereocenters. The molecule has 3 aromatic heterocycles. The Morgan fingerprint density at radius 2 is 0.741 bits per heavy atom. The number of hydrogen-bond donors (Lipinski definition) is 0. The largest absolute Gasteiger partial charge is 0.292 e. The lowest BCUT2D eigenvalue weighted by Gasteiger charge is -2.16. The molecule has 0 bridgehead atoms. The van der Waals surface area contributed by atoms with Crippen LogP contribution in [0.25, 0.3) is 111 Å². The lowest BCUT2D eigenvalue weighted by Crippen LogP contribution is -2.06. The molecule has 0 fully saturated rings. The number of benzene rings is 9. The van der Waals surface area contributed by atoms with Crippen molar-refractivity contribution in [2.24, 2.45) is 0 Å². The van der Waals surface area contributed by atoms with E-state index in [4.69, 9.17) is 19.9 Å². The smallest absolute Gasteiger partial charge is 0.238 e. The van der Waals surface area contributed by atoms with Gasteiger partial charge in [-0.1, -0.05) is 176 Å². The van der Waals surface area contributed by atoms with Crippen molar-refractivity contribution >= 4 is 65.2 Å². The highest BCUT2D eigenvalue weighted by molar-refractivity contribution is 6.42. The molecule has 0 aliphatic rings. The molecule has 270 valence electrons. The van der Waals surface area contributed by atoms with E-state index < -0.39 is 0 Å². The van der Waals surface area contributed by atoms with Crippen LogP contribution >= 0.6 is 0 Å². The minimum atomic E-state index is 0.528. The molecule has 9 aromatic carbocycles. The fraction of sp³-hybridized carbons (Fsp3) is 0. The van der Waals surface area contributed by atoms with Gasteiger partial charge < -0.3 is 0 Å². The third-order valence-corrected chi connectivity index (χ3v) is 11.3. The van der Waals surface area contributed by atoms with Crippen LogP contribution in [0.1, 0.15) is 0 Å². The molecule has 58 heavy (non-hydrogen) atoms. The van der Waals surface area contributed by atoms with Crippen LogP contribution in [0, 0.1) is 0 Å². The molecular weight excluding hydrogens is 709 g/mol. The summed E-state index contributed by atoms with van der Waals surface area (Å²) in [6.07, 6.45) is 0. The predicted molar refractivity (Wildman–Crippen MR) is 238 cm³/mol. The second-order valence-corrected chi connectivity index (χ2v) is 14.6. The molecule has 0 aliphatic heterocycles. The highest BCUT2D eigenvalue weighted by Crippen LogP contribution is 2.49. The van der Waals surface area contributed by atoms with Gasteiger partial charge in [-0.15, -0.1) is 0 Å². The van der Waals surface area contributed by atoms with Crippen molar-refractivity contribution in [1.29, 1.82) is 0 Å². The summed E-state index contributed by atoms with van der Waals surface area (Å²) in [5, 5.41) is 9.30. The number of imidazole rings is 1. The third kappa shape index (κ3) is 4.79. The molecule has 0 amide bonds.